The Hall–Kier alpha value is -4.95. The van der Waals surface area contributed by atoms with E-state index in [0.29, 0.717) is 0 Å². The Labute approximate surface area is 303 Å². The van der Waals surface area contributed by atoms with E-state index in [0.717, 1.165) is 121 Å². The van der Waals surface area contributed by atoms with Gasteiger partial charge >= 0.3 is 30.9 Å². The molecular formula is C40H25F15. The number of rotatable bonds is 5. The van der Waals surface area contributed by atoms with Gasteiger partial charge in [-0.25, -0.2) is 0 Å². The average molecular weight is 791 g/mol. The molecule has 0 radical (unpaired) electrons. The van der Waals surface area contributed by atoms with Crippen LogP contribution < -0.4 is 0 Å². The minimum absolute atomic E-state index is 0.133. The zero-order valence-corrected chi connectivity index (χ0v) is 27.6. The van der Waals surface area contributed by atoms with Gasteiger partial charge in [-0.3, -0.25) is 0 Å². The van der Waals surface area contributed by atoms with E-state index in [-0.39, 0.29) is 27.8 Å². The second-order valence-corrected chi connectivity index (χ2v) is 13.2. The summed E-state index contributed by atoms with van der Waals surface area (Å²) in [6.07, 6.45) is -24.0. The highest BCUT2D eigenvalue weighted by molar-refractivity contribution is 5.50. The van der Waals surface area contributed by atoms with Gasteiger partial charge in [0.05, 0.1) is 27.8 Å². The summed E-state index contributed by atoms with van der Waals surface area (Å²) in [4.78, 5) is 0. The summed E-state index contributed by atoms with van der Waals surface area (Å²) in [5.41, 5.74) is -4.73. The van der Waals surface area contributed by atoms with Crippen LogP contribution in [-0.2, 0) is 30.9 Å². The molecule has 0 amide bonds. The van der Waals surface area contributed by atoms with Crippen molar-refractivity contribution < 1.29 is 65.9 Å². The van der Waals surface area contributed by atoms with E-state index in [1.54, 1.807) is 0 Å². The third-order valence-electron chi connectivity index (χ3n) is 10.0. The van der Waals surface area contributed by atoms with Crippen molar-refractivity contribution in [2.75, 3.05) is 0 Å². The molecule has 5 aromatic rings. The highest BCUT2D eigenvalue weighted by Crippen LogP contribution is 2.67. The molecule has 1 saturated carbocycles. The van der Waals surface area contributed by atoms with Crippen LogP contribution in [0, 0.1) is 0 Å². The monoisotopic (exact) mass is 790 g/mol. The van der Waals surface area contributed by atoms with E-state index in [2.05, 4.69) is 0 Å². The van der Waals surface area contributed by atoms with E-state index in [9.17, 15) is 65.9 Å². The van der Waals surface area contributed by atoms with Crippen LogP contribution in [-0.4, -0.2) is 0 Å². The normalized spacial score (nSPS) is 21.2. The number of hydrogen-bond acceptors (Lipinski definition) is 0. The summed E-state index contributed by atoms with van der Waals surface area (Å²) in [7, 11) is 0. The number of hydrogen-bond donors (Lipinski definition) is 0. The number of halogens is 15. The minimum atomic E-state index is -4.81. The first kappa shape index (κ1) is 39.7. The largest absolute Gasteiger partial charge is 0.416 e. The van der Waals surface area contributed by atoms with Crippen molar-refractivity contribution in [2.24, 2.45) is 0 Å². The number of alkyl halides is 15. The predicted molar refractivity (Wildman–Crippen MR) is 171 cm³/mol. The fourth-order valence-electron chi connectivity index (χ4n) is 7.66. The van der Waals surface area contributed by atoms with E-state index >= 15 is 0 Å². The van der Waals surface area contributed by atoms with Gasteiger partial charge in [-0.2, -0.15) is 65.9 Å². The Morgan fingerprint density at radius 2 is 0.309 bits per heavy atom. The minimum Gasteiger partial charge on any atom is -0.166 e. The summed E-state index contributed by atoms with van der Waals surface area (Å²) >= 11 is 0. The maximum absolute atomic E-state index is 13.7. The highest BCUT2D eigenvalue weighted by Gasteiger charge is 2.53. The van der Waals surface area contributed by atoms with E-state index in [4.69, 9.17) is 0 Å². The van der Waals surface area contributed by atoms with Gasteiger partial charge in [0.2, 0.25) is 0 Å². The van der Waals surface area contributed by atoms with Crippen LogP contribution >= 0.6 is 0 Å². The van der Waals surface area contributed by atoms with Crippen LogP contribution in [0.2, 0.25) is 0 Å². The second-order valence-electron chi connectivity index (χ2n) is 13.2. The molecule has 0 aliphatic heterocycles. The van der Waals surface area contributed by atoms with Crippen LogP contribution in [0.5, 0.6) is 0 Å². The van der Waals surface area contributed by atoms with Crippen molar-refractivity contribution >= 4 is 0 Å². The molecule has 0 N–H and O–H groups in total. The predicted octanol–water partition coefficient (Wildman–Crippen LogP) is 14.0. The molecule has 1 aliphatic carbocycles. The first-order chi connectivity index (χ1) is 25.4. The van der Waals surface area contributed by atoms with E-state index in [1.807, 2.05) is 0 Å². The Kier molecular flexibility index (Phi) is 10.1. The van der Waals surface area contributed by atoms with Gasteiger partial charge in [-0.15, -0.1) is 0 Å². The average Bonchev–Trinajstić information content (AvgIpc) is 3.46. The molecule has 55 heavy (non-hydrogen) atoms. The fourth-order valence-corrected chi connectivity index (χ4v) is 7.66. The van der Waals surface area contributed by atoms with Crippen molar-refractivity contribution in [3.8, 4) is 0 Å². The Balaban J connectivity index is 1.68. The molecule has 0 atom stereocenters. The lowest BCUT2D eigenvalue weighted by Crippen LogP contribution is -2.15. The van der Waals surface area contributed by atoms with Gasteiger partial charge in [0.25, 0.3) is 0 Å². The zero-order valence-electron chi connectivity index (χ0n) is 27.6. The molecular weight excluding hydrogens is 765 g/mol. The van der Waals surface area contributed by atoms with Gasteiger partial charge in [-0.1, -0.05) is 60.7 Å². The molecule has 0 aromatic heterocycles. The molecule has 0 unspecified atom stereocenters. The van der Waals surface area contributed by atoms with Crippen molar-refractivity contribution in [2.45, 2.75) is 60.5 Å². The molecule has 1 aliphatic rings. The number of benzene rings is 5. The molecule has 0 bridgehead atoms. The van der Waals surface area contributed by atoms with Gasteiger partial charge < -0.3 is 0 Å². The summed E-state index contributed by atoms with van der Waals surface area (Å²) in [5.74, 6) is -5.58. The molecule has 6 rings (SSSR count). The maximum atomic E-state index is 13.7. The van der Waals surface area contributed by atoms with Crippen LogP contribution in [0.3, 0.4) is 0 Å². The standard InChI is InChI=1S/C40H25F15/c41-36(42,43)26-11-1-21(2-12-26)31-32(22-3-13-27(14-4-22)37(44,45)46)34(24-7-17-29(18-8-24)39(50,51)52)35(25-9-19-30(20-10-25)40(53,54)55)33(31)23-5-15-28(16-6-23)38(47,48)49/h1-20,31-35H. The lowest BCUT2D eigenvalue weighted by molar-refractivity contribution is -0.138. The molecule has 0 heterocycles. The summed E-state index contributed by atoms with van der Waals surface area (Å²) < 4.78 is 206. The fraction of sp³-hybridized carbons (Fsp3) is 0.250. The topological polar surface area (TPSA) is 0 Å². The smallest absolute Gasteiger partial charge is 0.166 e. The molecule has 15 heteroatoms. The maximum Gasteiger partial charge on any atom is 0.416 e. The van der Waals surface area contributed by atoms with Crippen molar-refractivity contribution in [1.29, 1.82) is 0 Å². The van der Waals surface area contributed by atoms with Gasteiger partial charge in [0.15, 0.2) is 0 Å². The quantitative estimate of drug-likeness (QED) is 0.156. The summed E-state index contributed by atoms with van der Waals surface area (Å²) in [6.45, 7) is 0. The van der Waals surface area contributed by atoms with Gasteiger partial charge in [0, 0.05) is 0 Å². The SMILES string of the molecule is FC(F)(F)c1ccc(C2C(c3ccc(C(F)(F)F)cc3)C(c3ccc(C(F)(F)F)cc3)C(c3ccc(C(F)(F)F)cc3)C2c2ccc(C(F)(F)F)cc2)cc1. The van der Waals surface area contributed by atoms with Crippen molar-refractivity contribution in [3.05, 3.63) is 177 Å². The van der Waals surface area contributed by atoms with E-state index < -0.39 is 88.3 Å². The van der Waals surface area contributed by atoms with Crippen LogP contribution in [0.15, 0.2) is 121 Å². The molecule has 0 saturated heterocycles. The first-order valence-electron chi connectivity index (χ1n) is 16.3. The highest BCUT2D eigenvalue weighted by atomic mass is 19.4. The Bertz CT molecular complexity index is 1700. The van der Waals surface area contributed by atoms with Crippen LogP contribution in [0.25, 0.3) is 0 Å². The van der Waals surface area contributed by atoms with E-state index in [1.165, 1.54) is 0 Å². The van der Waals surface area contributed by atoms with Gasteiger partial charge in [0.1, 0.15) is 0 Å². The third kappa shape index (κ3) is 8.20. The Morgan fingerprint density at radius 1 is 0.200 bits per heavy atom. The Morgan fingerprint density at radius 3 is 0.400 bits per heavy atom. The summed E-state index contributed by atoms with van der Waals surface area (Å²) in [5, 5.41) is 0. The van der Waals surface area contributed by atoms with Crippen LogP contribution in [0.1, 0.15) is 85.2 Å². The molecule has 290 valence electrons. The first-order valence-corrected chi connectivity index (χ1v) is 16.3. The van der Waals surface area contributed by atoms with Crippen molar-refractivity contribution in [3.63, 3.8) is 0 Å². The molecule has 0 spiro atoms. The lowest BCUT2D eigenvalue weighted by Gasteiger charge is -2.29. The zero-order chi connectivity index (χ0) is 40.3. The van der Waals surface area contributed by atoms with Crippen LogP contribution in [0.4, 0.5) is 65.9 Å². The molecule has 1 fully saturated rings. The lowest BCUT2D eigenvalue weighted by atomic mass is 9.74. The third-order valence-corrected chi connectivity index (χ3v) is 10.0. The molecule has 0 nitrogen and oxygen atoms in total. The second kappa shape index (κ2) is 14.0. The van der Waals surface area contributed by atoms with Gasteiger partial charge in [-0.05, 0) is 118 Å². The molecule has 5 aromatic carbocycles. The van der Waals surface area contributed by atoms with Crippen molar-refractivity contribution in [1.82, 2.24) is 0 Å². The summed E-state index contributed by atoms with van der Waals surface area (Å²) in [6, 6.07) is 18.4.